The third-order valence-corrected chi connectivity index (χ3v) is 4.87. The molecular formula is C20H34N2O2. The average molecular weight is 335 g/mol. The van der Waals surface area contributed by atoms with Crippen LogP contribution in [0.2, 0.25) is 0 Å². The van der Waals surface area contributed by atoms with Crippen LogP contribution in [-0.4, -0.2) is 67.4 Å². The SMILES string of the molecule is COCCN1CCN(CC(O)c2ccc(CC(C)C)cc2)CC1C. The second-order valence-corrected chi connectivity index (χ2v) is 7.49. The Hall–Kier alpha value is -0.940. The molecule has 1 aromatic rings. The van der Waals surface area contributed by atoms with Crippen LogP contribution < -0.4 is 0 Å². The van der Waals surface area contributed by atoms with Crippen LogP contribution in [0.3, 0.4) is 0 Å². The van der Waals surface area contributed by atoms with E-state index in [4.69, 9.17) is 4.74 Å². The van der Waals surface area contributed by atoms with E-state index < -0.39 is 6.10 Å². The lowest BCUT2D eigenvalue weighted by Crippen LogP contribution is -2.53. The predicted molar refractivity (Wildman–Crippen MR) is 99.3 cm³/mol. The van der Waals surface area contributed by atoms with Crippen LogP contribution in [0.1, 0.15) is 38.0 Å². The fourth-order valence-electron chi connectivity index (χ4n) is 3.47. The van der Waals surface area contributed by atoms with Crippen LogP contribution in [0.5, 0.6) is 0 Å². The zero-order chi connectivity index (χ0) is 17.5. The fraction of sp³-hybridized carbons (Fsp3) is 0.700. The monoisotopic (exact) mass is 334 g/mol. The lowest BCUT2D eigenvalue weighted by Gasteiger charge is -2.40. The Morgan fingerprint density at radius 1 is 1.21 bits per heavy atom. The Bertz CT molecular complexity index is 475. The minimum Gasteiger partial charge on any atom is -0.387 e. The summed E-state index contributed by atoms with van der Waals surface area (Å²) in [5, 5.41) is 10.6. The Labute approximate surface area is 147 Å². The van der Waals surface area contributed by atoms with Crippen molar-refractivity contribution in [3.05, 3.63) is 35.4 Å². The molecule has 0 radical (unpaired) electrons. The summed E-state index contributed by atoms with van der Waals surface area (Å²) < 4.78 is 5.18. The van der Waals surface area contributed by atoms with Gasteiger partial charge in [-0.05, 0) is 30.4 Å². The molecule has 24 heavy (non-hydrogen) atoms. The number of rotatable bonds is 8. The number of ether oxygens (including phenoxy) is 1. The summed E-state index contributed by atoms with van der Waals surface area (Å²) in [5.74, 6) is 0.664. The second-order valence-electron chi connectivity index (χ2n) is 7.49. The first-order chi connectivity index (χ1) is 11.5. The first-order valence-electron chi connectivity index (χ1n) is 9.21. The van der Waals surface area contributed by atoms with Gasteiger partial charge in [-0.25, -0.2) is 0 Å². The smallest absolute Gasteiger partial charge is 0.0916 e. The number of hydrogen-bond donors (Lipinski definition) is 1. The topological polar surface area (TPSA) is 35.9 Å². The molecule has 2 atom stereocenters. The molecule has 0 amide bonds. The summed E-state index contributed by atoms with van der Waals surface area (Å²) in [7, 11) is 1.75. The van der Waals surface area contributed by atoms with Gasteiger partial charge in [-0.15, -0.1) is 0 Å². The molecule has 0 aromatic heterocycles. The number of aliphatic hydroxyl groups is 1. The summed E-state index contributed by atoms with van der Waals surface area (Å²) in [4.78, 5) is 4.84. The molecule has 2 rings (SSSR count). The molecule has 0 aliphatic carbocycles. The average Bonchev–Trinajstić information content (AvgIpc) is 2.54. The summed E-state index contributed by atoms with van der Waals surface area (Å²) in [5.41, 5.74) is 2.37. The van der Waals surface area contributed by atoms with Crippen LogP contribution in [0.25, 0.3) is 0 Å². The zero-order valence-electron chi connectivity index (χ0n) is 15.7. The maximum Gasteiger partial charge on any atom is 0.0916 e. The van der Waals surface area contributed by atoms with Crippen molar-refractivity contribution in [3.8, 4) is 0 Å². The van der Waals surface area contributed by atoms with E-state index >= 15 is 0 Å². The normalized spacial score (nSPS) is 21.3. The molecule has 1 N–H and O–H groups in total. The van der Waals surface area contributed by atoms with Crippen LogP contribution in [0.4, 0.5) is 0 Å². The van der Waals surface area contributed by atoms with Gasteiger partial charge in [0, 0.05) is 45.9 Å². The lowest BCUT2D eigenvalue weighted by atomic mass is 10.00. The van der Waals surface area contributed by atoms with E-state index in [1.807, 2.05) is 0 Å². The molecule has 1 fully saturated rings. The highest BCUT2D eigenvalue weighted by molar-refractivity contribution is 5.24. The third kappa shape index (κ3) is 5.85. The van der Waals surface area contributed by atoms with Gasteiger partial charge in [-0.3, -0.25) is 9.80 Å². The molecule has 0 spiro atoms. The van der Waals surface area contributed by atoms with Gasteiger partial charge in [0.25, 0.3) is 0 Å². The Balaban J connectivity index is 1.83. The number of nitrogens with zero attached hydrogens (tertiary/aromatic N) is 2. The molecule has 0 bridgehead atoms. The standard InChI is InChI=1S/C20H34N2O2/c1-16(2)13-18-5-7-19(8-6-18)20(23)15-21-9-10-22(11-12-24-4)17(3)14-21/h5-8,16-17,20,23H,9-15H2,1-4H3. The van der Waals surface area contributed by atoms with Crippen LogP contribution in [-0.2, 0) is 11.2 Å². The van der Waals surface area contributed by atoms with Crippen molar-refractivity contribution in [1.29, 1.82) is 0 Å². The molecule has 2 unspecified atom stereocenters. The third-order valence-electron chi connectivity index (χ3n) is 4.87. The number of aliphatic hydroxyl groups excluding tert-OH is 1. The van der Waals surface area contributed by atoms with Gasteiger partial charge in [-0.1, -0.05) is 38.1 Å². The Kier molecular flexibility index (Phi) is 7.69. The molecule has 0 saturated carbocycles. The van der Waals surface area contributed by atoms with Crippen molar-refractivity contribution < 1.29 is 9.84 Å². The summed E-state index contributed by atoms with van der Waals surface area (Å²) in [6, 6.07) is 8.99. The van der Waals surface area contributed by atoms with Crippen LogP contribution in [0.15, 0.2) is 24.3 Å². The van der Waals surface area contributed by atoms with Crippen molar-refractivity contribution >= 4 is 0 Å². The number of hydrogen-bond acceptors (Lipinski definition) is 4. The molecule has 1 aliphatic rings. The minimum atomic E-state index is -0.407. The van der Waals surface area contributed by atoms with E-state index in [0.717, 1.165) is 44.8 Å². The molecule has 1 heterocycles. The molecule has 1 aromatic carbocycles. The van der Waals surface area contributed by atoms with E-state index in [1.54, 1.807) is 7.11 Å². The number of piperazine rings is 1. The van der Waals surface area contributed by atoms with Gasteiger partial charge in [0.05, 0.1) is 12.7 Å². The fourth-order valence-corrected chi connectivity index (χ4v) is 3.47. The largest absolute Gasteiger partial charge is 0.387 e. The maximum absolute atomic E-state index is 10.6. The highest BCUT2D eigenvalue weighted by Gasteiger charge is 2.24. The Morgan fingerprint density at radius 2 is 1.92 bits per heavy atom. The van der Waals surface area contributed by atoms with Gasteiger partial charge in [0.1, 0.15) is 0 Å². The van der Waals surface area contributed by atoms with Crippen molar-refractivity contribution in [2.75, 3.05) is 46.4 Å². The molecular weight excluding hydrogens is 300 g/mol. The minimum absolute atomic E-state index is 0.407. The molecule has 1 saturated heterocycles. The number of benzene rings is 1. The van der Waals surface area contributed by atoms with Gasteiger partial charge in [-0.2, -0.15) is 0 Å². The molecule has 4 heteroatoms. The molecule has 1 aliphatic heterocycles. The highest BCUT2D eigenvalue weighted by atomic mass is 16.5. The van der Waals surface area contributed by atoms with E-state index in [2.05, 4.69) is 54.8 Å². The summed E-state index contributed by atoms with van der Waals surface area (Å²) in [6.45, 7) is 12.3. The van der Waals surface area contributed by atoms with Gasteiger partial charge < -0.3 is 9.84 Å². The second kappa shape index (κ2) is 9.52. The highest BCUT2D eigenvalue weighted by Crippen LogP contribution is 2.19. The predicted octanol–water partition coefficient (Wildman–Crippen LogP) is 2.57. The van der Waals surface area contributed by atoms with E-state index in [1.165, 1.54) is 5.56 Å². The molecule has 4 nitrogen and oxygen atoms in total. The first-order valence-corrected chi connectivity index (χ1v) is 9.21. The Morgan fingerprint density at radius 3 is 2.50 bits per heavy atom. The molecule has 136 valence electrons. The van der Waals surface area contributed by atoms with E-state index in [0.29, 0.717) is 18.5 Å². The van der Waals surface area contributed by atoms with E-state index in [-0.39, 0.29) is 0 Å². The van der Waals surface area contributed by atoms with Crippen LogP contribution >= 0.6 is 0 Å². The van der Waals surface area contributed by atoms with Crippen molar-refractivity contribution in [2.24, 2.45) is 5.92 Å². The first kappa shape index (κ1) is 19.4. The zero-order valence-corrected chi connectivity index (χ0v) is 15.7. The number of methoxy groups -OCH3 is 1. The summed E-state index contributed by atoms with van der Waals surface area (Å²) >= 11 is 0. The quantitative estimate of drug-likeness (QED) is 0.793. The summed E-state index contributed by atoms with van der Waals surface area (Å²) in [6.07, 6.45) is 0.688. The van der Waals surface area contributed by atoms with Gasteiger partial charge >= 0.3 is 0 Å². The van der Waals surface area contributed by atoms with Gasteiger partial charge in [0.2, 0.25) is 0 Å². The van der Waals surface area contributed by atoms with Crippen molar-refractivity contribution in [3.63, 3.8) is 0 Å². The van der Waals surface area contributed by atoms with Crippen LogP contribution in [0, 0.1) is 5.92 Å². The van der Waals surface area contributed by atoms with Crippen molar-refractivity contribution in [1.82, 2.24) is 9.80 Å². The number of β-amino-alcohol motifs (C(OH)–C–C–N with tert-alkyl or cyclic N) is 1. The maximum atomic E-state index is 10.6. The van der Waals surface area contributed by atoms with E-state index in [9.17, 15) is 5.11 Å². The van der Waals surface area contributed by atoms with Crippen molar-refractivity contribution in [2.45, 2.75) is 39.3 Å². The lowest BCUT2D eigenvalue weighted by molar-refractivity contribution is 0.0330. The van der Waals surface area contributed by atoms with Gasteiger partial charge in [0.15, 0.2) is 0 Å².